The van der Waals surface area contributed by atoms with E-state index >= 15 is 0 Å². The van der Waals surface area contributed by atoms with E-state index < -0.39 is 0 Å². The number of hydrogen-bond acceptors (Lipinski definition) is 5. The molecular formula is C11H13BrClN5O. The third-order valence-corrected chi connectivity index (χ3v) is 3.41. The van der Waals surface area contributed by atoms with Crippen molar-refractivity contribution in [1.29, 1.82) is 0 Å². The van der Waals surface area contributed by atoms with Crippen LogP contribution < -0.4 is 16.0 Å². The third kappa shape index (κ3) is 3.44. The highest BCUT2D eigenvalue weighted by Crippen LogP contribution is 2.22. The van der Waals surface area contributed by atoms with Crippen molar-refractivity contribution in [1.82, 2.24) is 20.4 Å². The van der Waals surface area contributed by atoms with E-state index in [0.717, 1.165) is 11.4 Å². The van der Waals surface area contributed by atoms with Gasteiger partial charge in [-0.1, -0.05) is 16.8 Å². The minimum atomic E-state index is -0.231. The van der Waals surface area contributed by atoms with Crippen molar-refractivity contribution in [3.05, 3.63) is 39.6 Å². The minimum Gasteiger partial charge on any atom is -0.491 e. The van der Waals surface area contributed by atoms with Crippen LogP contribution in [0.1, 0.15) is 11.7 Å². The quantitative estimate of drug-likeness (QED) is 0.638. The highest BCUT2D eigenvalue weighted by molar-refractivity contribution is 9.10. The smallest absolute Gasteiger partial charge is 0.153 e. The summed E-state index contributed by atoms with van der Waals surface area (Å²) in [5.74, 6) is 6.27. The Morgan fingerprint density at radius 3 is 2.68 bits per heavy atom. The molecule has 0 spiro atoms. The van der Waals surface area contributed by atoms with Crippen molar-refractivity contribution in [3.63, 3.8) is 0 Å². The molecule has 8 heteroatoms. The van der Waals surface area contributed by atoms with Gasteiger partial charge in [0.2, 0.25) is 0 Å². The molecule has 0 radical (unpaired) electrons. The standard InChI is InChI=1S/C11H13BrClN5O/c1-18-10(11(12)16-17-18)9(15-14)6-19-8-4-2-7(13)3-5-8/h2-5,9,15H,6,14H2,1H3. The molecule has 0 aliphatic heterocycles. The number of hydrazine groups is 1. The predicted molar refractivity (Wildman–Crippen MR) is 75.7 cm³/mol. The Hall–Kier alpha value is -1.15. The average Bonchev–Trinajstić information content (AvgIpc) is 2.73. The van der Waals surface area contributed by atoms with Crippen molar-refractivity contribution in [2.45, 2.75) is 6.04 Å². The van der Waals surface area contributed by atoms with Crippen molar-refractivity contribution in [3.8, 4) is 5.75 Å². The van der Waals surface area contributed by atoms with E-state index in [1.54, 1.807) is 36.0 Å². The number of ether oxygens (including phenoxy) is 1. The molecule has 2 aromatic rings. The lowest BCUT2D eigenvalue weighted by atomic mass is 10.2. The lowest BCUT2D eigenvalue weighted by molar-refractivity contribution is 0.261. The number of nitrogens with two attached hydrogens (primary N) is 1. The Balaban J connectivity index is 2.06. The monoisotopic (exact) mass is 345 g/mol. The molecular weight excluding hydrogens is 334 g/mol. The van der Waals surface area contributed by atoms with Crippen molar-refractivity contribution in [2.24, 2.45) is 12.9 Å². The molecule has 0 fully saturated rings. The highest BCUT2D eigenvalue weighted by Gasteiger charge is 2.19. The molecule has 1 aromatic heterocycles. The minimum absolute atomic E-state index is 0.231. The first-order chi connectivity index (χ1) is 9.11. The van der Waals surface area contributed by atoms with Gasteiger partial charge in [-0.2, -0.15) is 0 Å². The Morgan fingerprint density at radius 2 is 2.16 bits per heavy atom. The molecule has 0 aliphatic rings. The van der Waals surface area contributed by atoms with E-state index in [-0.39, 0.29) is 6.04 Å². The van der Waals surface area contributed by atoms with Crippen LogP contribution in [0.3, 0.4) is 0 Å². The van der Waals surface area contributed by atoms with Gasteiger partial charge < -0.3 is 4.74 Å². The fourth-order valence-corrected chi connectivity index (χ4v) is 2.35. The van der Waals surface area contributed by atoms with E-state index in [1.807, 2.05) is 0 Å². The van der Waals surface area contributed by atoms with Crippen LogP contribution in [0.25, 0.3) is 0 Å². The van der Waals surface area contributed by atoms with E-state index in [2.05, 4.69) is 31.7 Å². The first-order valence-electron chi connectivity index (χ1n) is 5.51. The van der Waals surface area contributed by atoms with Crippen LogP contribution in [0.5, 0.6) is 5.75 Å². The largest absolute Gasteiger partial charge is 0.491 e. The zero-order valence-corrected chi connectivity index (χ0v) is 12.5. The summed E-state index contributed by atoms with van der Waals surface area (Å²) in [6.45, 7) is 0.345. The van der Waals surface area contributed by atoms with E-state index in [0.29, 0.717) is 16.2 Å². The number of halogens is 2. The van der Waals surface area contributed by atoms with Crippen molar-refractivity contribution < 1.29 is 4.74 Å². The second-order valence-corrected chi connectivity index (χ2v) is 5.06. The lowest BCUT2D eigenvalue weighted by Gasteiger charge is -2.17. The summed E-state index contributed by atoms with van der Waals surface area (Å²) >= 11 is 9.14. The molecule has 6 nitrogen and oxygen atoms in total. The first-order valence-corrected chi connectivity index (χ1v) is 6.68. The van der Waals surface area contributed by atoms with Gasteiger partial charge >= 0.3 is 0 Å². The second-order valence-electron chi connectivity index (χ2n) is 3.87. The number of nitrogens with zero attached hydrogens (tertiary/aromatic N) is 3. The molecule has 0 saturated heterocycles. The normalized spacial score (nSPS) is 12.4. The molecule has 102 valence electrons. The zero-order valence-electron chi connectivity index (χ0n) is 10.2. The number of aryl methyl sites for hydroxylation is 1. The summed E-state index contributed by atoms with van der Waals surface area (Å²) < 4.78 is 7.93. The number of benzene rings is 1. The average molecular weight is 347 g/mol. The van der Waals surface area contributed by atoms with Gasteiger partial charge in [0.25, 0.3) is 0 Å². The fourth-order valence-electron chi connectivity index (χ4n) is 1.62. The molecule has 1 aromatic carbocycles. The summed E-state index contributed by atoms with van der Waals surface area (Å²) in [5, 5.41) is 8.48. The highest BCUT2D eigenvalue weighted by atomic mass is 79.9. The Kier molecular flexibility index (Phi) is 4.76. The summed E-state index contributed by atoms with van der Waals surface area (Å²) in [7, 11) is 1.79. The third-order valence-electron chi connectivity index (χ3n) is 2.59. The maximum Gasteiger partial charge on any atom is 0.153 e. The van der Waals surface area contributed by atoms with E-state index in [4.69, 9.17) is 22.2 Å². The van der Waals surface area contributed by atoms with Crippen LogP contribution in [0.4, 0.5) is 0 Å². The number of rotatable bonds is 5. The number of hydrogen-bond donors (Lipinski definition) is 2. The van der Waals surface area contributed by atoms with Crippen LogP contribution in [0.2, 0.25) is 5.02 Å². The first kappa shape index (κ1) is 14.3. The van der Waals surface area contributed by atoms with E-state index in [9.17, 15) is 0 Å². The van der Waals surface area contributed by atoms with Crippen molar-refractivity contribution in [2.75, 3.05) is 6.61 Å². The van der Waals surface area contributed by atoms with Crippen LogP contribution in [-0.2, 0) is 7.05 Å². The molecule has 0 bridgehead atoms. The van der Waals surface area contributed by atoms with Gasteiger partial charge in [0, 0.05) is 12.1 Å². The Morgan fingerprint density at radius 1 is 1.47 bits per heavy atom. The van der Waals surface area contributed by atoms with Gasteiger partial charge in [0.15, 0.2) is 4.60 Å². The Bertz CT molecular complexity index is 525. The molecule has 0 aliphatic carbocycles. The molecule has 1 heterocycles. The van der Waals surface area contributed by atoms with Gasteiger partial charge in [0.1, 0.15) is 12.4 Å². The SMILES string of the molecule is Cn1nnc(Br)c1C(COc1ccc(Cl)cc1)NN. The topological polar surface area (TPSA) is 78.0 Å². The summed E-state index contributed by atoms with van der Waals surface area (Å²) in [6, 6.07) is 6.90. The van der Waals surface area contributed by atoms with Gasteiger partial charge in [-0.3, -0.25) is 5.84 Å². The van der Waals surface area contributed by atoms with Crippen LogP contribution in [-0.4, -0.2) is 21.6 Å². The predicted octanol–water partition coefficient (Wildman–Crippen LogP) is 1.81. The number of nitrogens with one attached hydrogen (secondary N) is 1. The summed E-state index contributed by atoms with van der Waals surface area (Å²) in [4.78, 5) is 0. The molecule has 3 N–H and O–H groups in total. The Labute approximate surface area is 124 Å². The fraction of sp³-hybridized carbons (Fsp3) is 0.273. The number of aromatic nitrogens is 3. The molecule has 2 rings (SSSR count). The van der Waals surface area contributed by atoms with Crippen LogP contribution in [0, 0.1) is 0 Å². The summed E-state index contributed by atoms with van der Waals surface area (Å²) in [5.41, 5.74) is 3.50. The second kappa shape index (κ2) is 6.33. The lowest BCUT2D eigenvalue weighted by Crippen LogP contribution is -2.34. The molecule has 1 unspecified atom stereocenters. The zero-order chi connectivity index (χ0) is 13.8. The molecule has 19 heavy (non-hydrogen) atoms. The maximum atomic E-state index is 5.81. The van der Waals surface area contributed by atoms with Gasteiger partial charge in [-0.15, -0.1) is 5.10 Å². The maximum absolute atomic E-state index is 5.81. The van der Waals surface area contributed by atoms with Gasteiger partial charge in [0.05, 0.1) is 11.7 Å². The summed E-state index contributed by atoms with van der Waals surface area (Å²) in [6.07, 6.45) is 0. The molecule has 1 atom stereocenters. The van der Waals surface area contributed by atoms with Crippen LogP contribution >= 0.6 is 27.5 Å². The van der Waals surface area contributed by atoms with Gasteiger partial charge in [-0.05, 0) is 40.2 Å². The molecule has 0 saturated carbocycles. The van der Waals surface area contributed by atoms with Crippen LogP contribution in [0.15, 0.2) is 28.9 Å². The van der Waals surface area contributed by atoms with E-state index in [1.165, 1.54) is 0 Å². The molecule has 0 amide bonds. The van der Waals surface area contributed by atoms with Crippen molar-refractivity contribution >= 4 is 27.5 Å². The van der Waals surface area contributed by atoms with Gasteiger partial charge in [-0.25, -0.2) is 10.1 Å².